The Morgan fingerprint density at radius 3 is 2.38 bits per heavy atom. The number of fused-ring (bicyclic) bond motifs is 1. The van der Waals surface area contributed by atoms with Gasteiger partial charge in [0.1, 0.15) is 17.1 Å². The van der Waals surface area contributed by atoms with E-state index in [0.717, 1.165) is 47.3 Å². The predicted octanol–water partition coefficient (Wildman–Crippen LogP) is 5.87. The fraction of sp³-hybridized carbons (Fsp3) is 0.400. The van der Waals surface area contributed by atoms with Crippen LogP contribution in [0.4, 0.5) is 0 Å². The third-order valence-corrected chi connectivity index (χ3v) is 5.62. The molecule has 1 heterocycles. The predicted molar refractivity (Wildman–Crippen MR) is 117 cm³/mol. The SMILES string of the molecule is CCCCC(C)(C)c1cc(OC)c2cc(Cc3ccccc3OC)c(=O)oc2c1. The highest BCUT2D eigenvalue weighted by Crippen LogP contribution is 2.36. The van der Waals surface area contributed by atoms with E-state index in [2.05, 4.69) is 26.8 Å². The summed E-state index contributed by atoms with van der Waals surface area (Å²) in [5.41, 5.74) is 2.87. The number of unbranched alkanes of at least 4 members (excludes halogenated alkanes) is 1. The lowest BCUT2D eigenvalue weighted by molar-refractivity contribution is 0.410. The number of para-hydroxylation sites is 1. The molecule has 4 heteroatoms. The Balaban J connectivity index is 2.07. The second-order valence-corrected chi connectivity index (χ2v) is 8.13. The molecule has 0 amide bonds. The summed E-state index contributed by atoms with van der Waals surface area (Å²) in [6.45, 7) is 6.63. The van der Waals surface area contributed by atoms with Crippen molar-refractivity contribution in [2.75, 3.05) is 14.2 Å². The van der Waals surface area contributed by atoms with Gasteiger partial charge in [-0.2, -0.15) is 0 Å². The maximum Gasteiger partial charge on any atom is 0.339 e. The molecular formula is C25H30O4. The molecule has 29 heavy (non-hydrogen) atoms. The summed E-state index contributed by atoms with van der Waals surface area (Å²) in [6.07, 6.45) is 3.80. The van der Waals surface area contributed by atoms with Crippen molar-refractivity contribution in [2.24, 2.45) is 0 Å². The van der Waals surface area contributed by atoms with Gasteiger partial charge in [-0.05, 0) is 47.2 Å². The molecule has 3 rings (SSSR count). The van der Waals surface area contributed by atoms with E-state index in [0.29, 0.717) is 17.6 Å². The first-order valence-electron chi connectivity index (χ1n) is 10.2. The Hall–Kier alpha value is -2.75. The fourth-order valence-corrected chi connectivity index (χ4v) is 3.73. The van der Waals surface area contributed by atoms with Crippen molar-refractivity contribution in [3.8, 4) is 11.5 Å². The van der Waals surface area contributed by atoms with Crippen LogP contribution in [0, 0.1) is 0 Å². The van der Waals surface area contributed by atoms with Crippen LogP contribution in [0.15, 0.2) is 51.7 Å². The summed E-state index contributed by atoms with van der Waals surface area (Å²) < 4.78 is 16.8. The van der Waals surface area contributed by atoms with Crippen LogP contribution in [0.1, 0.15) is 56.7 Å². The van der Waals surface area contributed by atoms with Crippen LogP contribution in [0.5, 0.6) is 11.5 Å². The Labute approximate surface area is 172 Å². The van der Waals surface area contributed by atoms with E-state index in [4.69, 9.17) is 13.9 Å². The maximum absolute atomic E-state index is 12.7. The molecule has 1 aromatic heterocycles. The van der Waals surface area contributed by atoms with Crippen molar-refractivity contribution in [2.45, 2.75) is 51.9 Å². The zero-order valence-corrected chi connectivity index (χ0v) is 18.0. The highest BCUT2D eigenvalue weighted by atomic mass is 16.5. The van der Waals surface area contributed by atoms with Crippen molar-refractivity contribution in [1.29, 1.82) is 0 Å². The average molecular weight is 395 g/mol. The van der Waals surface area contributed by atoms with Crippen molar-refractivity contribution >= 4 is 11.0 Å². The van der Waals surface area contributed by atoms with Crippen LogP contribution in [-0.2, 0) is 11.8 Å². The first kappa shape index (κ1) is 21.0. The van der Waals surface area contributed by atoms with Gasteiger partial charge in [-0.15, -0.1) is 0 Å². The highest BCUT2D eigenvalue weighted by Gasteiger charge is 2.23. The molecule has 3 aromatic rings. The van der Waals surface area contributed by atoms with E-state index >= 15 is 0 Å². The summed E-state index contributed by atoms with van der Waals surface area (Å²) in [5, 5.41) is 0.812. The van der Waals surface area contributed by atoms with Crippen LogP contribution >= 0.6 is 0 Å². The Bertz CT molecular complexity index is 1050. The highest BCUT2D eigenvalue weighted by molar-refractivity contribution is 5.85. The molecule has 0 bridgehead atoms. The zero-order valence-electron chi connectivity index (χ0n) is 18.0. The average Bonchev–Trinajstić information content (AvgIpc) is 2.72. The molecule has 0 aliphatic rings. The van der Waals surface area contributed by atoms with Gasteiger partial charge < -0.3 is 13.9 Å². The Kier molecular flexibility index (Phi) is 6.31. The van der Waals surface area contributed by atoms with Crippen LogP contribution in [0.3, 0.4) is 0 Å². The van der Waals surface area contributed by atoms with Crippen molar-refractivity contribution in [1.82, 2.24) is 0 Å². The lowest BCUT2D eigenvalue weighted by Crippen LogP contribution is -2.17. The third kappa shape index (κ3) is 4.47. The van der Waals surface area contributed by atoms with Gasteiger partial charge in [0.2, 0.25) is 0 Å². The molecular weight excluding hydrogens is 364 g/mol. The third-order valence-electron chi connectivity index (χ3n) is 5.62. The molecule has 0 unspecified atom stereocenters. The Morgan fingerprint density at radius 1 is 0.966 bits per heavy atom. The summed E-state index contributed by atoms with van der Waals surface area (Å²) in [6, 6.07) is 13.6. The molecule has 0 atom stereocenters. The largest absolute Gasteiger partial charge is 0.496 e. The van der Waals surface area contributed by atoms with E-state index in [9.17, 15) is 4.79 Å². The molecule has 0 aliphatic heterocycles. The number of benzene rings is 2. The summed E-state index contributed by atoms with van der Waals surface area (Å²) in [4.78, 5) is 12.7. The van der Waals surface area contributed by atoms with Gasteiger partial charge in [0.25, 0.3) is 0 Å². The zero-order chi connectivity index (χ0) is 21.0. The minimum Gasteiger partial charge on any atom is -0.496 e. The van der Waals surface area contributed by atoms with E-state index in [1.165, 1.54) is 0 Å². The molecule has 0 saturated heterocycles. The minimum atomic E-state index is -0.325. The number of hydrogen-bond donors (Lipinski definition) is 0. The van der Waals surface area contributed by atoms with E-state index in [1.807, 2.05) is 36.4 Å². The summed E-state index contributed by atoms with van der Waals surface area (Å²) in [7, 11) is 3.29. The standard InChI is InChI=1S/C25H30O4/c1-6-7-12-25(2,3)19-15-22(28-5)20-14-18(24(26)29-23(20)16-19)13-17-10-8-9-11-21(17)27-4/h8-11,14-16H,6-7,12-13H2,1-5H3. The quantitative estimate of drug-likeness (QED) is 0.448. The molecule has 0 N–H and O–H groups in total. The van der Waals surface area contributed by atoms with Gasteiger partial charge >= 0.3 is 5.63 Å². The lowest BCUT2D eigenvalue weighted by Gasteiger charge is -2.26. The molecule has 154 valence electrons. The lowest BCUT2D eigenvalue weighted by atomic mass is 9.80. The molecule has 0 fully saturated rings. The van der Waals surface area contributed by atoms with Gasteiger partial charge in [-0.25, -0.2) is 4.79 Å². The fourth-order valence-electron chi connectivity index (χ4n) is 3.73. The smallest absolute Gasteiger partial charge is 0.339 e. The van der Waals surface area contributed by atoms with Crippen molar-refractivity contribution in [3.63, 3.8) is 0 Å². The van der Waals surface area contributed by atoms with Gasteiger partial charge in [-0.3, -0.25) is 0 Å². The number of ether oxygens (including phenoxy) is 2. The first-order chi connectivity index (χ1) is 13.9. The van der Waals surface area contributed by atoms with Crippen LogP contribution in [-0.4, -0.2) is 14.2 Å². The van der Waals surface area contributed by atoms with Crippen LogP contribution in [0.25, 0.3) is 11.0 Å². The van der Waals surface area contributed by atoms with Gasteiger partial charge in [0.05, 0.1) is 19.6 Å². The first-order valence-corrected chi connectivity index (χ1v) is 10.2. The summed E-state index contributed by atoms with van der Waals surface area (Å²) >= 11 is 0. The maximum atomic E-state index is 12.7. The normalized spacial score (nSPS) is 11.6. The molecule has 0 radical (unpaired) electrons. The van der Waals surface area contributed by atoms with Gasteiger partial charge in [-0.1, -0.05) is 51.8 Å². The second-order valence-electron chi connectivity index (χ2n) is 8.13. The molecule has 0 saturated carbocycles. The summed E-state index contributed by atoms with van der Waals surface area (Å²) in [5.74, 6) is 1.49. The van der Waals surface area contributed by atoms with Crippen molar-refractivity contribution in [3.05, 3.63) is 69.6 Å². The number of hydrogen-bond acceptors (Lipinski definition) is 4. The molecule has 0 aliphatic carbocycles. The number of methoxy groups -OCH3 is 2. The molecule has 4 nitrogen and oxygen atoms in total. The number of rotatable bonds is 8. The Morgan fingerprint density at radius 2 is 1.69 bits per heavy atom. The minimum absolute atomic E-state index is 0.0217. The van der Waals surface area contributed by atoms with E-state index < -0.39 is 0 Å². The monoisotopic (exact) mass is 394 g/mol. The van der Waals surface area contributed by atoms with Gasteiger partial charge in [0.15, 0.2) is 0 Å². The van der Waals surface area contributed by atoms with E-state index in [-0.39, 0.29) is 11.0 Å². The molecule has 2 aromatic carbocycles. The molecule has 0 spiro atoms. The topological polar surface area (TPSA) is 48.7 Å². The second kappa shape index (κ2) is 8.73. The van der Waals surface area contributed by atoms with Crippen molar-refractivity contribution < 1.29 is 13.9 Å². The van der Waals surface area contributed by atoms with Crippen LogP contribution in [0.2, 0.25) is 0 Å². The van der Waals surface area contributed by atoms with Gasteiger partial charge in [0, 0.05) is 12.0 Å². The van der Waals surface area contributed by atoms with Crippen LogP contribution < -0.4 is 15.1 Å². The van der Waals surface area contributed by atoms with E-state index in [1.54, 1.807) is 14.2 Å².